The molecule has 3 nitrogen and oxygen atoms in total. The Balaban J connectivity index is 2.64. The molecular formula is C14H23NO2. The van der Waals surface area contributed by atoms with Gasteiger partial charge in [-0.25, -0.2) is 0 Å². The van der Waals surface area contributed by atoms with Crippen LogP contribution in [0, 0.1) is 0 Å². The van der Waals surface area contributed by atoms with Gasteiger partial charge in [0.05, 0.1) is 13.7 Å². The molecule has 1 rings (SSSR count). The normalized spacial score (nSPS) is 10.9. The van der Waals surface area contributed by atoms with Crippen molar-refractivity contribution in [2.75, 3.05) is 34.9 Å². The van der Waals surface area contributed by atoms with Crippen LogP contribution in [0.3, 0.4) is 0 Å². The van der Waals surface area contributed by atoms with Gasteiger partial charge in [-0.3, -0.25) is 0 Å². The van der Waals surface area contributed by atoms with E-state index in [1.165, 1.54) is 12.0 Å². The Labute approximate surface area is 104 Å². The molecule has 0 aliphatic heterocycles. The molecule has 0 bridgehead atoms. The lowest BCUT2D eigenvalue weighted by Gasteiger charge is -2.12. The van der Waals surface area contributed by atoms with Crippen molar-refractivity contribution < 1.29 is 9.47 Å². The zero-order valence-electron chi connectivity index (χ0n) is 11.3. The maximum atomic E-state index is 5.31. The van der Waals surface area contributed by atoms with E-state index in [4.69, 9.17) is 9.47 Å². The number of hydrogen-bond donors (Lipinski definition) is 0. The highest BCUT2D eigenvalue weighted by atomic mass is 16.5. The lowest BCUT2D eigenvalue weighted by molar-refractivity contribution is 0.181. The second-order valence-electron chi connectivity index (χ2n) is 4.49. The molecule has 96 valence electrons. The molecule has 0 heterocycles. The quantitative estimate of drug-likeness (QED) is 0.726. The molecule has 3 heteroatoms. The summed E-state index contributed by atoms with van der Waals surface area (Å²) in [6.45, 7) is 1.72. The standard InChI is InChI=1S/C14H23NO2/c1-15(2)9-5-6-12-7-8-14(17-4)13(10-12)11-16-3/h7-8,10H,5-6,9,11H2,1-4H3. The molecule has 0 saturated heterocycles. The number of nitrogens with zero attached hydrogens (tertiary/aromatic N) is 1. The van der Waals surface area contributed by atoms with Gasteiger partial charge in [-0.2, -0.15) is 0 Å². The summed E-state index contributed by atoms with van der Waals surface area (Å²) >= 11 is 0. The monoisotopic (exact) mass is 237 g/mol. The van der Waals surface area contributed by atoms with Gasteiger partial charge in [0.25, 0.3) is 0 Å². The van der Waals surface area contributed by atoms with Gasteiger partial charge in [0.15, 0.2) is 0 Å². The van der Waals surface area contributed by atoms with E-state index in [0.29, 0.717) is 6.61 Å². The van der Waals surface area contributed by atoms with Crippen LogP contribution in [0.15, 0.2) is 18.2 Å². The van der Waals surface area contributed by atoms with Crippen molar-refractivity contribution in [1.29, 1.82) is 0 Å². The minimum atomic E-state index is 0.602. The third-order valence-corrected chi connectivity index (χ3v) is 2.72. The molecule has 1 aromatic rings. The van der Waals surface area contributed by atoms with Gasteiger partial charge in [0, 0.05) is 12.7 Å². The van der Waals surface area contributed by atoms with E-state index >= 15 is 0 Å². The number of ether oxygens (including phenoxy) is 2. The van der Waals surface area contributed by atoms with Gasteiger partial charge < -0.3 is 14.4 Å². The highest BCUT2D eigenvalue weighted by Gasteiger charge is 2.04. The molecule has 0 saturated carbocycles. The topological polar surface area (TPSA) is 21.7 Å². The van der Waals surface area contributed by atoms with Crippen LogP contribution in [0.5, 0.6) is 5.75 Å². The summed E-state index contributed by atoms with van der Waals surface area (Å²) in [5, 5.41) is 0. The number of hydrogen-bond acceptors (Lipinski definition) is 3. The molecule has 0 aliphatic rings. The molecule has 0 aliphatic carbocycles. The van der Waals surface area contributed by atoms with Crippen LogP contribution < -0.4 is 4.74 Å². The molecule has 1 aromatic carbocycles. The third kappa shape index (κ3) is 4.75. The molecule has 0 spiro atoms. The van der Waals surface area contributed by atoms with Gasteiger partial charge in [0.2, 0.25) is 0 Å². The summed E-state index contributed by atoms with van der Waals surface area (Å²) in [7, 11) is 7.60. The Hall–Kier alpha value is -1.06. The van der Waals surface area contributed by atoms with Crippen LogP contribution in [0.25, 0.3) is 0 Å². The van der Waals surface area contributed by atoms with Gasteiger partial charge in [-0.05, 0) is 51.2 Å². The van der Waals surface area contributed by atoms with Crippen LogP contribution in [-0.2, 0) is 17.8 Å². The van der Waals surface area contributed by atoms with E-state index in [0.717, 1.165) is 24.3 Å². The Bertz CT molecular complexity index is 337. The van der Waals surface area contributed by atoms with Gasteiger partial charge in [-0.1, -0.05) is 6.07 Å². The van der Waals surface area contributed by atoms with E-state index in [2.05, 4.69) is 31.1 Å². The van der Waals surface area contributed by atoms with Crippen molar-refractivity contribution in [3.05, 3.63) is 29.3 Å². The first-order valence-corrected chi connectivity index (χ1v) is 5.97. The molecule has 0 fully saturated rings. The number of aryl methyl sites for hydroxylation is 1. The van der Waals surface area contributed by atoms with Crippen LogP contribution in [-0.4, -0.2) is 39.8 Å². The second-order valence-corrected chi connectivity index (χ2v) is 4.49. The van der Waals surface area contributed by atoms with Crippen molar-refractivity contribution in [1.82, 2.24) is 4.90 Å². The molecule has 0 aromatic heterocycles. The van der Waals surface area contributed by atoms with Crippen molar-refractivity contribution in [3.63, 3.8) is 0 Å². The Kier molecular flexibility index (Phi) is 6.01. The molecule has 0 atom stereocenters. The predicted octanol–water partition coefficient (Wildman–Crippen LogP) is 2.34. The molecule has 17 heavy (non-hydrogen) atoms. The molecule has 0 radical (unpaired) electrons. The number of methoxy groups -OCH3 is 2. The smallest absolute Gasteiger partial charge is 0.124 e. The average molecular weight is 237 g/mol. The maximum Gasteiger partial charge on any atom is 0.124 e. The van der Waals surface area contributed by atoms with Crippen molar-refractivity contribution >= 4 is 0 Å². The molecule has 0 N–H and O–H groups in total. The summed E-state index contributed by atoms with van der Waals surface area (Å²) in [5.74, 6) is 0.906. The Morgan fingerprint density at radius 2 is 1.94 bits per heavy atom. The van der Waals surface area contributed by atoms with Gasteiger partial charge in [-0.15, -0.1) is 0 Å². The fraction of sp³-hybridized carbons (Fsp3) is 0.571. The van der Waals surface area contributed by atoms with Gasteiger partial charge in [0.1, 0.15) is 5.75 Å². The van der Waals surface area contributed by atoms with E-state index in [1.807, 2.05) is 6.07 Å². The van der Waals surface area contributed by atoms with Crippen LogP contribution in [0.1, 0.15) is 17.5 Å². The minimum Gasteiger partial charge on any atom is -0.496 e. The summed E-state index contributed by atoms with van der Waals surface area (Å²) in [5.41, 5.74) is 2.47. The van der Waals surface area contributed by atoms with Gasteiger partial charge >= 0.3 is 0 Å². The molecular weight excluding hydrogens is 214 g/mol. The van der Waals surface area contributed by atoms with E-state index in [1.54, 1.807) is 14.2 Å². The van der Waals surface area contributed by atoms with Crippen LogP contribution in [0.2, 0.25) is 0 Å². The molecule has 0 amide bonds. The van der Waals surface area contributed by atoms with Crippen molar-refractivity contribution in [2.45, 2.75) is 19.4 Å². The van der Waals surface area contributed by atoms with Crippen LogP contribution in [0.4, 0.5) is 0 Å². The first-order valence-electron chi connectivity index (χ1n) is 5.97. The fourth-order valence-electron chi connectivity index (χ4n) is 1.86. The SMILES string of the molecule is COCc1cc(CCCN(C)C)ccc1OC. The summed E-state index contributed by atoms with van der Waals surface area (Å²) in [6, 6.07) is 6.34. The summed E-state index contributed by atoms with van der Waals surface area (Å²) < 4.78 is 10.5. The van der Waals surface area contributed by atoms with Crippen molar-refractivity contribution in [3.8, 4) is 5.75 Å². The second kappa shape index (κ2) is 7.30. The highest BCUT2D eigenvalue weighted by Crippen LogP contribution is 2.21. The first kappa shape index (κ1) is 14.0. The average Bonchev–Trinajstić information content (AvgIpc) is 2.29. The van der Waals surface area contributed by atoms with Crippen molar-refractivity contribution in [2.24, 2.45) is 0 Å². The van der Waals surface area contributed by atoms with E-state index in [-0.39, 0.29) is 0 Å². The predicted molar refractivity (Wildman–Crippen MR) is 70.6 cm³/mol. The zero-order valence-corrected chi connectivity index (χ0v) is 11.3. The first-order chi connectivity index (χ1) is 8.17. The largest absolute Gasteiger partial charge is 0.496 e. The Morgan fingerprint density at radius 1 is 1.18 bits per heavy atom. The zero-order chi connectivity index (χ0) is 12.7. The van der Waals surface area contributed by atoms with E-state index in [9.17, 15) is 0 Å². The van der Waals surface area contributed by atoms with E-state index < -0.39 is 0 Å². The Morgan fingerprint density at radius 3 is 2.53 bits per heavy atom. The van der Waals surface area contributed by atoms with Crippen LogP contribution >= 0.6 is 0 Å². The number of rotatable bonds is 7. The maximum absolute atomic E-state index is 5.31. The highest BCUT2D eigenvalue weighted by molar-refractivity contribution is 5.37. The summed E-state index contributed by atoms with van der Waals surface area (Å²) in [4.78, 5) is 2.21. The molecule has 0 unspecified atom stereocenters. The lowest BCUT2D eigenvalue weighted by atomic mass is 10.1. The summed E-state index contributed by atoms with van der Waals surface area (Å²) in [6.07, 6.45) is 2.27. The fourth-order valence-corrected chi connectivity index (χ4v) is 1.86. The number of benzene rings is 1. The minimum absolute atomic E-state index is 0.602. The lowest BCUT2D eigenvalue weighted by Crippen LogP contribution is -2.13. The third-order valence-electron chi connectivity index (χ3n) is 2.72.